The molecule has 0 unspecified atom stereocenters. The van der Waals surface area contributed by atoms with Crippen molar-refractivity contribution in [1.82, 2.24) is 29.5 Å². The zero-order chi connectivity index (χ0) is 24.8. The molecule has 4 aromatic heterocycles. The van der Waals surface area contributed by atoms with Crippen molar-refractivity contribution in [1.29, 1.82) is 0 Å². The molecule has 0 spiro atoms. The SMILES string of the molecule is COc1cc(-c2[nH]c3cnc(C4CCN(C5CCOCC5)CC4)c(F)c3c2C(C)C)cn2ncnc12. The van der Waals surface area contributed by atoms with Crippen LogP contribution >= 0.6 is 0 Å². The molecule has 0 bridgehead atoms. The van der Waals surface area contributed by atoms with Crippen molar-refractivity contribution in [2.75, 3.05) is 33.4 Å². The maximum absolute atomic E-state index is 16.2. The lowest BCUT2D eigenvalue weighted by atomic mass is 9.89. The Hall–Kier alpha value is -3.04. The number of piperidine rings is 1. The van der Waals surface area contributed by atoms with Crippen LogP contribution in [0, 0.1) is 5.82 Å². The summed E-state index contributed by atoms with van der Waals surface area (Å²) in [6, 6.07) is 2.53. The molecule has 8 nitrogen and oxygen atoms in total. The minimum absolute atomic E-state index is 0.103. The number of aromatic nitrogens is 5. The predicted molar refractivity (Wildman–Crippen MR) is 136 cm³/mol. The Bertz CT molecular complexity index is 1380. The number of halogens is 1. The van der Waals surface area contributed by atoms with Gasteiger partial charge in [0.25, 0.3) is 0 Å². The fourth-order valence-corrected chi connectivity index (χ4v) is 6.05. The number of nitrogens with one attached hydrogen (secondary N) is 1. The normalized spacial score (nSPS) is 18.6. The lowest BCUT2D eigenvalue weighted by molar-refractivity contribution is 0.0249. The van der Waals surface area contributed by atoms with Crippen molar-refractivity contribution in [2.24, 2.45) is 0 Å². The molecule has 2 aliphatic heterocycles. The first-order valence-corrected chi connectivity index (χ1v) is 12.9. The Balaban J connectivity index is 1.36. The molecule has 6 heterocycles. The smallest absolute Gasteiger partial charge is 0.197 e. The van der Waals surface area contributed by atoms with Crippen LogP contribution in [0.4, 0.5) is 4.39 Å². The predicted octanol–water partition coefficient (Wildman–Crippen LogP) is 4.90. The molecule has 0 saturated carbocycles. The lowest BCUT2D eigenvalue weighted by Crippen LogP contribution is -2.43. The van der Waals surface area contributed by atoms with E-state index in [1.54, 1.807) is 17.8 Å². The average Bonchev–Trinajstić information content (AvgIpc) is 3.54. The molecule has 1 N–H and O–H groups in total. The summed E-state index contributed by atoms with van der Waals surface area (Å²) < 4.78 is 29.0. The van der Waals surface area contributed by atoms with Crippen LogP contribution in [0.15, 0.2) is 24.8 Å². The summed E-state index contributed by atoms with van der Waals surface area (Å²) in [4.78, 5) is 14.9. The molecule has 36 heavy (non-hydrogen) atoms. The molecule has 9 heteroatoms. The van der Waals surface area contributed by atoms with Crippen molar-refractivity contribution in [2.45, 2.75) is 57.4 Å². The molecule has 2 aliphatic rings. The largest absolute Gasteiger partial charge is 0.493 e. The Morgan fingerprint density at radius 1 is 1.14 bits per heavy atom. The molecule has 6 rings (SSSR count). The van der Waals surface area contributed by atoms with Gasteiger partial charge in [0.1, 0.15) is 6.33 Å². The minimum atomic E-state index is -0.183. The van der Waals surface area contributed by atoms with Crippen LogP contribution in [-0.4, -0.2) is 68.9 Å². The number of rotatable bonds is 5. The van der Waals surface area contributed by atoms with E-state index in [0.29, 0.717) is 34.0 Å². The van der Waals surface area contributed by atoms with Gasteiger partial charge in [-0.25, -0.2) is 13.9 Å². The lowest BCUT2D eigenvalue weighted by Gasteiger charge is -2.39. The number of pyridine rings is 2. The Kier molecular flexibility index (Phi) is 6.13. The topological polar surface area (TPSA) is 80.6 Å². The maximum Gasteiger partial charge on any atom is 0.197 e. The molecular formula is C27H33FN6O2. The third kappa shape index (κ3) is 3.94. The highest BCUT2D eigenvalue weighted by Gasteiger charge is 2.31. The molecule has 0 atom stereocenters. The average molecular weight is 493 g/mol. The summed E-state index contributed by atoms with van der Waals surface area (Å²) >= 11 is 0. The van der Waals surface area contributed by atoms with Crippen LogP contribution < -0.4 is 4.74 Å². The summed E-state index contributed by atoms with van der Waals surface area (Å²) in [6.07, 6.45) is 9.26. The summed E-state index contributed by atoms with van der Waals surface area (Å²) in [5.41, 5.74) is 4.65. The van der Waals surface area contributed by atoms with E-state index in [1.807, 2.05) is 12.3 Å². The third-order valence-electron chi connectivity index (χ3n) is 7.90. The first-order chi connectivity index (χ1) is 17.5. The second-order valence-electron chi connectivity index (χ2n) is 10.3. The molecule has 0 radical (unpaired) electrons. The highest BCUT2D eigenvalue weighted by Crippen LogP contribution is 2.40. The van der Waals surface area contributed by atoms with E-state index in [2.05, 4.69) is 38.8 Å². The van der Waals surface area contributed by atoms with Crippen molar-refractivity contribution < 1.29 is 13.9 Å². The number of methoxy groups -OCH3 is 1. The van der Waals surface area contributed by atoms with Crippen LogP contribution in [0.1, 0.15) is 62.6 Å². The number of nitrogens with zero attached hydrogens (tertiary/aromatic N) is 5. The minimum Gasteiger partial charge on any atom is -0.493 e. The fourth-order valence-electron chi connectivity index (χ4n) is 6.05. The van der Waals surface area contributed by atoms with Crippen molar-refractivity contribution in [3.05, 3.63) is 41.9 Å². The van der Waals surface area contributed by atoms with E-state index >= 15 is 4.39 Å². The van der Waals surface area contributed by atoms with Crippen LogP contribution in [0.3, 0.4) is 0 Å². The van der Waals surface area contributed by atoms with Gasteiger partial charge in [-0.15, -0.1) is 0 Å². The summed E-state index contributed by atoms with van der Waals surface area (Å²) in [7, 11) is 1.62. The van der Waals surface area contributed by atoms with E-state index in [9.17, 15) is 0 Å². The van der Waals surface area contributed by atoms with Crippen molar-refractivity contribution in [3.8, 4) is 17.0 Å². The first kappa shape index (κ1) is 23.4. The fraction of sp³-hybridized carbons (Fsp3) is 0.519. The zero-order valence-corrected chi connectivity index (χ0v) is 21.1. The first-order valence-electron chi connectivity index (χ1n) is 12.9. The standard InChI is InChI=1S/C27H33FN6O2/c1-16(2)22-23-20(32-25(22)18-12-21(35-3)27-30-15-31-34(27)14-18)13-29-26(24(23)28)17-4-8-33(9-5-17)19-6-10-36-11-7-19/h12-17,19,32H,4-11H2,1-3H3. The number of likely N-dealkylation sites (tertiary alicyclic amines) is 1. The van der Waals surface area contributed by atoms with E-state index < -0.39 is 0 Å². The van der Waals surface area contributed by atoms with E-state index in [0.717, 1.165) is 68.8 Å². The van der Waals surface area contributed by atoms with Gasteiger partial charge in [0.05, 0.1) is 30.2 Å². The molecule has 4 aromatic rings. The van der Waals surface area contributed by atoms with Gasteiger partial charge in [0.2, 0.25) is 0 Å². The van der Waals surface area contributed by atoms with Crippen LogP contribution in [0.25, 0.3) is 27.8 Å². The highest BCUT2D eigenvalue weighted by atomic mass is 19.1. The van der Waals surface area contributed by atoms with Gasteiger partial charge in [-0.3, -0.25) is 4.98 Å². The van der Waals surface area contributed by atoms with Gasteiger partial charge in [-0.2, -0.15) is 5.10 Å². The number of fused-ring (bicyclic) bond motifs is 2. The van der Waals surface area contributed by atoms with Gasteiger partial charge in [0.15, 0.2) is 17.2 Å². The molecule has 2 saturated heterocycles. The van der Waals surface area contributed by atoms with Crippen molar-refractivity contribution in [3.63, 3.8) is 0 Å². The summed E-state index contributed by atoms with van der Waals surface area (Å²) in [6.45, 7) is 7.87. The van der Waals surface area contributed by atoms with Gasteiger partial charge >= 0.3 is 0 Å². The van der Waals surface area contributed by atoms with E-state index in [4.69, 9.17) is 9.47 Å². The molecular weight excluding hydrogens is 459 g/mol. The van der Waals surface area contributed by atoms with E-state index in [1.165, 1.54) is 6.33 Å². The van der Waals surface area contributed by atoms with Crippen molar-refractivity contribution >= 4 is 16.6 Å². The molecule has 0 aromatic carbocycles. The van der Waals surface area contributed by atoms with E-state index in [-0.39, 0.29) is 17.7 Å². The number of aromatic amines is 1. The maximum atomic E-state index is 16.2. The van der Waals surface area contributed by atoms with Gasteiger partial charge in [-0.1, -0.05) is 13.8 Å². The summed E-state index contributed by atoms with van der Waals surface area (Å²) in [5.74, 6) is 0.674. The highest BCUT2D eigenvalue weighted by molar-refractivity contribution is 5.92. The van der Waals surface area contributed by atoms with Crippen LogP contribution in [0.2, 0.25) is 0 Å². The number of hydrogen-bond acceptors (Lipinski definition) is 6. The zero-order valence-electron chi connectivity index (χ0n) is 21.1. The van der Waals surface area contributed by atoms with Crippen LogP contribution in [-0.2, 0) is 4.74 Å². The molecule has 190 valence electrons. The number of ether oxygens (including phenoxy) is 2. The molecule has 0 amide bonds. The quantitative estimate of drug-likeness (QED) is 0.427. The van der Waals surface area contributed by atoms with Gasteiger partial charge in [-0.05, 0) is 56.3 Å². The molecule has 2 fully saturated rings. The second kappa shape index (κ2) is 9.44. The Labute approximate surface area is 209 Å². The van der Waals surface area contributed by atoms with Crippen LogP contribution in [0.5, 0.6) is 5.75 Å². The molecule has 0 aliphatic carbocycles. The number of hydrogen-bond donors (Lipinski definition) is 1. The second-order valence-corrected chi connectivity index (χ2v) is 10.3. The summed E-state index contributed by atoms with van der Waals surface area (Å²) in [5, 5.41) is 4.94. The number of H-pyrrole nitrogens is 1. The Morgan fingerprint density at radius 2 is 1.92 bits per heavy atom. The van der Waals surface area contributed by atoms with Gasteiger partial charge < -0.3 is 19.4 Å². The van der Waals surface area contributed by atoms with Gasteiger partial charge in [0, 0.05) is 42.3 Å². The third-order valence-corrected chi connectivity index (χ3v) is 7.90. The Morgan fingerprint density at radius 3 is 2.64 bits per heavy atom. The monoisotopic (exact) mass is 492 g/mol.